The van der Waals surface area contributed by atoms with Crippen molar-refractivity contribution >= 4 is 23.4 Å². The molecule has 0 atom stereocenters. The fraction of sp³-hybridized carbons (Fsp3) is 0.222. The van der Waals surface area contributed by atoms with Crippen molar-refractivity contribution in [3.63, 3.8) is 0 Å². The van der Waals surface area contributed by atoms with Gasteiger partial charge in [0.2, 0.25) is 0 Å². The Balaban J connectivity index is 1.64. The smallest absolute Gasteiger partial charge is 0.404 e. The van der Waals surface area contributed by atoms with E-state index in [1.807, 2.05) is 6.07 Å². The number of carbonyl (C=O) groups excluding carboxylic acids is 1. The molecule has 0 unspecified atom stereocenters. The lowest BCUT2D eigenvalue weighted by Crippen LogP contribution is -2.45. The molecule has 2 aromatic carbocycles. The summed E-state index contributed by atoms with van der Waals surface area (Å²) in [7, 11) is 0. The first kappa shape index (κ1) is 24.1. The normalized spacial score (nSPS) is 17.4. The summed E-state index contributed by atoms with van der Waals surface area (Å²) >= 11 is 0. The summed E-state index contributed by atoms with van der Waals surface area (Å²) in [5.74, 6) is -0.695. The molecule has 10 heteroatoms. The van der Waals surface area contributed by atoms with Crippen LogP contribution in [0.2, 0.25) is 0 Å². The quantitative estimate of drug-likeness (QED) is 0.399. The number of fused-ring (bicyclic) bond motifs is 1. The van der Waals surface area contributed by atoms with E-state index in [1.165, 1.54) is 4.57 Å². The summed E-state index contributed by atoms with van der Waals surface area (Å²) in [5.41, 5.74) is 1.40. The zero-order chi connectivity index (χ0) is 26.1. The van der Waals surface area contributed by atoms with E-state index in [2.05, 4.69) is 10.3 Å². The SMILES string of the molecule is O=Cc1ccc(-c2cccc(-n3c(=O)n([C@H]4CC[C@@H](NC(=O)O)CC4)c(=O)c4cc(F)cnc43)c2)cc1. The molecular formula is C27H23FN4O5. The Bertz CT molecular complexity index is 1620. The van der Waals surface area contributed by atoms with E-state index in [0.717, 1.165) is 34.2 Å². The summed E-state index contributed by atoms with van der Waals surface area (Å²) in [6.45, 7) is 0. The van der Waals surface area contributed by atoms with Crippen LogP contribution in [0.5, 0.6) is 0 Å². The molecule has 37 heavy (non-hydrogen) atoms. The van der Waals surface area contributed by atoms with Gasteiger partial charge in [0.25, 0.3) is 5.56 Å². The van der Waals surface area contributed by atoms with E-state index in [-0.39, 0.29) is 17.1 Å². The predicted molar refractivity (Wildman–Crippen MR) is 135 cm³/mol. The fourth-order valence-corrected chi connectivity index (χ4v) is 4.97. The van der Waals surface area contributed by atoms with E-state index in [4.69, 9.17) is 5.11 Å². The van der Waals surface area contributed by atoms with Crippen LogP contribution in [0.15, 0.2) is 70.4 Å². The number of benzene rings is 2. The fourth-order valence-electron chi connectivity index (χ4n) is 4.97. The highest BCUT2D eigenvalue weighted by Crippen LogP contribution is 2.28. The average molecular weight is 503 g/mol. The number of nitrogens with one attached hydrogen (secondary N) is 1. The maximum atomic E-state index is 14.2. The number of aromatic nitrogens is 3. The standard InChI is InChI=1S/C27H23FN4O5/c28-19-13-23-24(29-14-19)31(22-3-1-2-18(12-22)17-6-4-16(15-33)5-7-17)27(37)32(25(23)34)21-10-8-20(9-11-21)30-26(35)36/h1-7,12-15,20-21,30H,8-11H2,(H,35,36)/t20-,21+. The van der Waals surface area contributed by atoms with Crippen LogP contribution in [0.3, 0.4) is 0 Å². The molecule has 2 N–H and O–H groups in total. The topological polar surface area (TPSA) is 123 Å². The Hall–Kier alpha value is -4.60. The van der Waals surface area contributed by atoms with Crippen molar-refractivity contribution in [2.75, 3.05) is 0 Å². The van der Waals surface area contributed by atoms with Crippen LogP contribution >= 0.6 is 0 Å². The van der Waals surface area contributed by atoms with Gasteiger partial charge in [-0.15, -0.1) is 0 Å². The zero-order valence-electron chi connectivity index (χ0n) is 19.6. The van der Waals surface area contributed by atoms with Crippen LogP contribution in [-0.2, 0) is 0 Å². The molecule has 0 saturated heterocycles. The van der Waals surface area contributed by atoms with Crippen molar-refractivity contribution < 1.29 is 19.1 Å². The van der Waals surface area contributed by atoms with E-state index < -0.39 is 29.2 Å². The molecule has 0 aliphatic heterocycles. The molecule has 2 aromatic heterocycles. The maximum absolute atomic E-state index is 14.2. The van der Waals surface area contributed by atoms with Gasteiger partial charge in [-0.05, 0) is 55.0 Å². The van der Waals surface area contributed by atoms with Gasteiger partial charge in [0.15, 0.2) is 5.65 Å². The minimum atomic E-state index is -1.11. The van der Waals surface area contributed by atoms with Gasteiger partial charge in [0, 0.05) is 17.6 Å². The Morgan fingerprint density at radius 1 is 1.03 bits per heavy atom. The van der Waals surface area contributed by atoms with Gasteiger partial charge < -0.3 is 10.4 Å². The zero-order valence-corrected chi connectivity index (χ0v) is 19.6. The van der Waals surface area contributed by atoms with Gasteiger partial charge in [0.1, 0.15) is 12.1 Å². The number of amides is 1. The number of carboxylic acid groups (broad SMARTS) is 1. The molecule has 1 aliphatic carbocycles. The molecule has 2 heterocycles. The maximum Gasteiger partial charge on any atom is 0.404 e. The van der Waals surface area contributed by atoms with Crippen LogP contribution in [-0.4, -0.2) is 37.6 Å². The van der Waals surface area contributed by atoms with Crippen molar-refractivity contribution in [2.45, 2.75) is 37.8 Å². The van der Waals surface area contributed by atoms with Crippen molar-refractivity contribution in [3.05, 3.63) is 93.0 Å². The number of carbonyl (C=O) groups is 2. The monoisotopic (exact) mass is 502 g/mol. The molecule has 0 spiro atoms. The van der Waals surface area contributed by atoms with Crippen LogP contribution in [0.1, 0.15) is 42.1 Å². The minimum absolute atomic E-state index is 0.0221. The number of pyridine rings is 1. The lowest BCUT2D eigenvalue weighted by Gasteiger charge is -2.29. The Morgan fingerprint density at radius 3 is 2.43 bits per heavy atom. The highest BCUT2D eigenvalue weighted by atomic mass is 19.1. The molecular weight excluding hydrogens is 479 g/mol. The first-order chi connectivity index (χ1) is 17.9. The van der Waals surface area contributed by atoms with E-state index in [9.17, 15) is 23.6 Å². The summed E-state index contributed by atoms with van der Waals surface area (Å²) in [4.78, 5) is 53.3. The van der Waals surface area contributed by atoms with Gasteiger partial charge >= 0.3 is 11.8 Å². The van der Waals surface area contributed by atoms with Crippen LogP contribution in [0.25, 0.3) is 27.8 Å². The highest BCUT2D eigenvalue weighted by Gasteiger charge is 2.28. The van der Waals surface area contributed by atoms with Crippen molar-refractivity contribution in [2.24, 2.45) is 0 Å². The van der Waals surface area contributed by atoms with Crippen molar-refractivity contribution in [3.8, 4) is 16.8 Å². The molecule has 5 rings (SSSR count). The number of hydrogen-bond acceptors (Lipinski definition) is 5. The third-order valence-corrected chi connectivity index (χ3v) is 6.77. The molecule has 0 radical (unpaired) electrons. The lowest BCUT2D eigenvalue weighted by molar-refractivity contribution is 0.112. The summed E-state index contributed by atoms with van der Waals surface area (Å²) in [5, 5.41) is 11.4. The Kier molecular flexibility index (Phi) is 6.39. The molecule has 0 bridgehead atoms. The largest absolute Gasteiger partial charge is 0.465 e. The predicted octanol–water partition coefficient (Wildman–Crippen LogP) is 3.92. The molecule has 4 aromatic rings. The van der Waals surface area contributed by atoms with Crippen molar-refractivity contribution in [1.82, 2.24) is 19.4 Å². The third-order valence-electron chi connectivity index (χ3n) is 6.77. The molecule has 1 amide bonds. The summed E-state index contributed by atoms with van der Waals surface area (Å²) in [6, 6.07) is 14.4. The van der Waals surface area contributed by atoms with Gasteiger partial charge in [-0.3, -0.25) is 14.2 Å². The second-order valence-corrected chi connectivity index (χ2v) is 9.06. The number of nitrogens with zero attached hydrogens (tertiary/aromatic N) is 3. The number of rotatable bonds is 5. The van der Waals surface area contributed by atoms with Crippen LogP contribution in [0.4, 0.5) is 9.18 Å². The molecule has 188 valence electrons. The molecule has 1 fully saturated rings. The highest BCUT2D eigenvalue weighted by molar-refractivity contribution is 5.78. The summed E-state index contributed by atoms with van der Waals surface area (Å²) in [6.07, 6.45) is 2.37. The van der Waals surface area contributed by atoms with Crippen LogP contribution in [0, 0.1) is 5.82 Å². The molecule has 1 saturated carbocycles. The number of aldehydes is 1. The number of halogens is 1. The first-order valence-corrected chi connectivity index (χ1v) is 11.8. The molecule has 9 nitrogen and oxygen atoms in total. The van der Waals surface area contributed by atoms with Gasteiger partial charge in [0.05, 0.1) is 17.3 Å². The van der Waals surface area contributed by atoms with Crippen molar-refractivity contribution in [1.29, 1.82) is 0 Å². The van der Waals surface area contributed by atoms with E-state index in [0.29, 0.717) is 36.9 Å². The average Bonchev–Trinajstić information content (AvgIpc) is 2.90. The minimum Gasteiger partial charge on any atom is -0.465 e. The Morgan fingerprint density at radius 2 is 1.76 bits per heavy atom. The second-order valence-electron chi connectivity index (χ2n) is 9.06. The van der Waals surface area contributed by atoms with Gasteiger partial charge in [-0.1, -0.05) is 36.4 Å². The van der Waals surface area contributed by atoms with E-state index >= 15 is 0 Å². The van der Waals surface area contributed by atoms with Crippen LogP contribution < -0.4 is 16.6 Å². The Labute approximate surface area is 209 Å². The molecule has 1 aliphatic rings. The third kappa shape index (κ3) is 4.65. The first-order valence-electron chi connectivity index (χ1n) is 11.8. The van der Waals surface area contributed by atoms with E-state index in [1.54, 1.807) is 42.5 Å². The van der Waals surface area contributed by atoms with Gasteiger partial charge in [-0.2, -0.15) is 0 Å². The lowest BCUT2D eigenvalue weighted by atomic mass is 9.91. The number of hydrogen-bond donors (Lipinski definition) is 2. The second kappa shape index (κ2) is 9.81. The van der Waals surface area contributed by atoms with Gasteiger partial charge in [-0.25, -0.2) is 23.5 Å². The summed E-state index contributed by atoms with van der Waals surface area (Å²) < 4.78 is 16.6.